The van der Waals surface area contributed by atoms with Crippen molar-refractivity contribution >= 4 is 35.3 Å². The van der Waals surface area contributed by atoms with Crippen molar-refractivity contribution in [3.63, 3.8) is 0 Å². The molecule has 300 valence electrons. The summed E-state index contributed by atoms with van der Waals surface area (Å²) >= 11 is 0. The van der Waals surface area contributed by atoms with Gasteiger partial charge in [0.2, 0.25) is 5.91 Å². The molecule has 0 aliphatic carbocycles. The third-order valence-corrected chi connectivity index (χ3v) is 7.28. The summed E-state index contributed by atoms with van der Waals surface area (Å²) in [7, 11) is 3.72. The number of carboxylic acid groups (broad SMARTS) is 2. The minimum atomic E-state index is -0.831. The molecule has 0 aromatic heterocycles. The molecule has 0 aliphatic rings. The number of Topliss-reactive ketones (excluding diaryl/α,β-unsaturated/α-hetero) is 2. The Kier molecular flexibility index (Phi) is 25.4. The largest absolute Gasteiger partial charge is 0.481 e. The van der Waals surface area contributed by atoms with Crippen LogP contribution in [0.2, 0.25) is 0 Å². The molecule has 0 atom stereocenters. The van der Waals surface area contributed by atoms with E-state index < -0.39 is 11.9 Å². The highest BCUT2D eigenvalue weighted by molar-refractivity contribution is 5.94. The molecule has 2 aromatic rings. The van der Waals surface area contributed by atoms with Gasteiger partial charge in [-0.3, -0.25) is 28.8 Å². The number of ketones is 2. The van der Waals surface area contributed by atoms with E-state index >= 15 is 0 Å². The molecule has 0 unspecified atom stereocenters. The number of nitrogens with one attached hydrogen (secondary N) is 2. The lowest BCUT2D eigenvalue weighted by atomic mass is 10.1. The van der Waals surface area contributed by atoms with E-state index in [0.29, 0.717) is 76.8 Å². The number of ether oxygens (including phenoxy) is 4. The summed E-state index contributed by atoms with van der Waals surface area (Å²) in [6.45, 7) is 7.74. The van der Waals surface area contributed by atoms with Crippen LogP contribution >= 0.6 is 0 Å². The molecule has 16 nitrogen and oxygen atoms in total. The number of amides is 2. The third-order valence-electron chi connectivity index (χ3n) is 7.28. The number of carbonyl (C=O) groups is 6. The second-order valence-electron chi connectivity index (χ2n) is 12.4. The fraction of sp³-hybridized carbons (Fsp3) is 0.526. The number of carboxylic acids is 2. The van der Waals surface area contributed by atoms with Crippen molar-refractivity contribution < 1.29 is 57.9 Å². The Morgan fingerprint density at radius 1 is 0.574 bits per heavy atom. The van der Waals surface area contributed by atoms with Crippen molar-refractivity contribution in [1.82, 2.24) is 20.4 Å². The maximum absolute atomic E-state index is 12.2. The van der Waals surface area contributed by atoms with Gasteiger partial charge in [-0.15, -0.1) is 0 Å². The minimum Gasteiger partial charge on any atom is -0.481 e. The number of carbonyl (C=O) groups excluding carboxylic acids is 4. The molecule has 16 heteroatoms. The van der Waals surface area contributed by atoms with Crippen LogP contribution in [0.1, 0.15) is 58.5 Å². The standard InChI is InChI=1S/C25H39N3O9.C13H17NO3/c1-20(29)18-36-15-13-34-11-8-26-23(30)19-37-16-14-35-12-9-27-25(33)22-5-3-21(4-6-22)17-28(2)10-7-24(31)32;1-10(15)12-5-3-11(4-6-12)9-14(2)8-7-13(16)17/h3-6H,7-19H2,1-2H3,(H,26,30)(H,27,33)(H,31,32);3-6H,7-9H2,1-2H3,(H,16,17). The van der Waals surface area contributed by atoms with Crippen LogP contribution in [0, 0.1) is 0 Å². The second-order valence-corrected chi connectivity index (χ2v) is 12.4. The smallest absolute Gasteiger partial charge is 0.304 e. The van der Waals surface area contributed by atoms with Gasteiger partial charge >= 0.3 is 11.9 Å². The summed E-state index contributed by atoms with van der Waals surface area (Å²) in [5.74, 6) is -2.08. The first-order valence-electron chi connectivity index (χ1n) is 17.6. The highest BCUT2D eigenvalue weighted by Crippen LogP contribution is 2.09. The average Bonchev–Trinajstić information content (AvgIpc) is 3.12. The first-order chi connectivity index (χ1) is 25.8. The van der Waals surface area contributed by atoms with E-state index in [4.69, 9.17) is 29.2 Å². The molecule has 0 saturated carbocycles. The molecule has 2 rings (SSSR count). The Labute approximate surface area is 317 Å². The quantitative estimate of drug-likeness (QED) is 0.0722. The summed E-state index contributed by atoms with van der Waals surface area (Å²) in [6, 6.07) is 14.5. The van der Waals surface area contributed by atoms with Crippen molar-refractivity contribution in [3.05, 3.63) is 70.8 Å². The SMILES string of the molecule is CC(=O)COCCOCCNC(=O)COCCOCCNC(=O)c1ccc(CN(C)CCC(=O)O)cc1.CC(=O)c1ccc(CN(C)CCC(=O)O)cc1. The maximum atomic E-state index is 12.2. The Balaban J connectivity index is 0.000000712. The monoisotopic (exact) mass is 760 g/mol. The molecule has 2 amide bonds. The molecular weight excluding hydrogens is 704 g/mol. The van der Waals surface area contributed by atoms with E-state index in [2.05, 4.69) is 10.6 Å². The fourth-order valence-electron chi connectivity index (χ4n) is 4.43. The lowest BCUT2D eigenvalue weighted by Crippen LogP contribution is -2.31. The zero-order chi connectivity index (χ0) is 40.1. The molecule has 0 aliphatic heterocycles. The molecule has 54 heavy (non-hydrogen) atoms. The molecule has 0 spiro atoms. The highest BCUT2D eigenvalue weighted by atomic mass is 16.5. The Morgan fingerprint density at radius 3 is 1.44 bits per heavy atom. The number of hydrogen-bond donors (Lipinski definition) is 4. The van der Waals surface area contributed by atoms with Crippen molar-refractivity contribution in [2.75, 3.05) is 93.1 Å². The zero-order valence-electron chi connectivity index (χ0n) is 31.8. The summed E-state index contributed by atoms with van der Waals surface area (Å²) in [5, 5.41) is 22.7. The molecule has 0 saturated heterocycles. The number of benzene rings is 2. The molecule has 2 aromatic carbocycles. The highest BCUT2D eigenvalue weighted by Gasteiger charge is 2.08. The topological polar surface area (TPSA) is 210 Å². The van der Waals surface area contributed by atoms with Crippen LogP contribution in [-0.2, 0) is 51.2 Å². The molecule has 4 N–H and O–H groups in total. The predicted molar refractivity (Wildman–Crippen MR) is 199 cm³/mol. The van der Waals surface area contributed by atoms with Crippen LogP contribution in [0.4, 0.5) is 0 Å². The van der Waals surface area contributed by atoms with E-state index in [9.17, 15) is 28.8 Å². The van der Waals surface area contributed by atoms with Gasteiger partial charge in [-0.05, 0) is 51.2 Å². The molecule has 0 heterocycles. The lowest BCUT2D eigenvalue weighted by molar-refractivity contribution is -0.138. The number of hydrogen-bond acceptors (Lipinski definition) is 12. The van der Waals surface area contributed by atoms with E-state index in [1.807, 2.05) is 48.2 Å². The minimum absolute atomic E-state index is 0.0412. The average molecular weight is 761 g/mol. The van der Waals surface area contributed by atoms with Gasteiger partial charge in [-0.25, -0.2) is 0 Å². The molecule has 0 fully saturated rings. The van der Waals surface area contributed by atoms with Gasteiger partial charge < -0.3 is 49.6 Å². The van der Waals surface area contributed by atoms with Gasteiger partial charge in [0.05, 0.1) is 52.5 Å². The van der Waals surface area contributed by atoms with Gasteiger partial charge in [-0.1, -0.05) is 36.4 Å². The molecule has 0 radical (unpaired) electrons. The normalized spacial score (nSPS) is 10.8. The maximum Gasteiger partial charge on any atom is 0.304 e. The van der Waals surface area contributed by atoms with Crippen LogP contribution in [0.25, 0.3) is 0 Å². The van der Waals surface area contributed by atoms with Gasteiger partial charge in [0, 0.05) is 50.4 Å². The summed E-state index contributed by atoms with van der Waals surface area (Å²) in [5.41, 5.74) is 3.28. The second kappa shape index (κ2) is 28.9. The Morgan fingerprint density at radius 2 is 1.00 bits per heavy atom. The van der Waals surface area contributed by atoms with Crippen LogP contribution in [0.3, 0.4) is 0 Å². The fourth-order valence-corrected chi connectivity index (χ4v) is 4.43. The van der Waals surface area contributed by atoms with Gasteiger partial charge in [0.15, 0.2) is 11.6 Å². The summed E-state index contributed by atoms with van der Waals surface area (Å²) in [4.78, 5) is 70.6. The first kappa shape index (κ1) is 47.4. The Bertz CT molecular complexity index is 1420. The third kappa shape index (κ3) is 25.4. The molecular formula is C38H56N4O12. The number of aliphatic carboxylic acids is 2. The lowest BCUT2D eigenvalue weighted by Gasteiger charge is -2.15. The molecule has 0 bridgehead atoms. The van der Waals surface area contributed by atoms with E-state index in [1.54, 1.807) is 24.3 Å². The van der Waals surface area contributed by atoms with Crippen molar-refractivity contribution in [2.45, 2.75) is 39.8 Å². The van der Waals surface area contributed by atoms with E-state index in [-0.39, 0.29) is 62.7 Å². The number of nitrogens with zero attached hydrogens (tertiary/aromatic N) is 2. The van der Waals surface area contributed by atoms with Crippen molar-refractivity contribution in [3.8, 4) is 0 Å². The van der Waals surface area contributed by atoms with Gasteiger partial charge in [-0.2, -0.15) is 0 Å². The van der Waals surface area contributed by atoms with E-state index in [1.165, 1.54) is 13.8 Å². The predicted octanol–water partition coefficient (Wildman–Crippen LogP) is 1.89. The van der Waals surface area contributed by atoms with Crippen LogP contribution in [0.15, 0.2) is 48.5 Å². The van der Waals surface area contributed by atoms with Crippen LogP contribution in [-0.4, -0.2) is 148 Å². The van der Waals surface area contributed by atoms with E-state index in [0.717, 1.165) is 11.1 Å². The Hall–Kier alpha value is -4.58. The van der Waals surface area contributed by atoms with Crippen molar-refractivity contribution in [1.29, 1.82) is 0 Å². The van der Waals surface area contributed by atoms with Crippen molar-refractivity contribution in [2.24, 2.45) is 0 Å². The van der Waals surface area contributed by atoms with Gasteiger partial charge in [0.25, 0.3) is 5.91 Å². The van der Waals surface area contributed by atoms with Crippen LogP contribution < -0.4 is 10.6 Å². The van der Waals surface area contributed by atoms with Gasteiger partial charge in [0.1, 0.15) is 13.2 Å². The number of rotatable bonds is 28. The first-order valence-corrected chi connectivity index (χ1v) is 17.6. The van der Waals surface area contributed by atoms with Crippen LogP contribution in [0.5, 0.6) is 0 Å². The zero-order valence-corrected chi connectivity index (χ0v) is 31.8. The summed E-state index contributed by atoms with van der Waals surface area (Å²) in [6.07, 6.45) is 0.223. The summed E-state index contributed by atoms with van der Waals surface area (Å²) < 4.78 is 21.0.